The molecule has 0 fully saturated rings. The molecule has 0 aliphatic heterocycles. The molecule has 0 saturated heterocycles. The number of hydrogen-bond acceptors (Lipinski definition) is 4. The van der Waals surface area contributed by atoms with E-state index in [0.29, 0.717) is 0 Å². The van der Waals surface area contributed by atoms with E-state index in [-0.39, 0.29) is 20.3 Å². The second-order valence-corrected chi connectivity index (χ2v) is 2.20. The van der Waals surface area contributed by atoms with Crippen molar-refractivity contribution in [1.29, 1.82) is 0 Å². The number of rotatable bonds is 2. The van der Waals surface area contributed by atoms with Gasteiger partial charge in [0, 0.05) is 5.41 Å². The van der Waals surface area contributed by atoms with Crippen LogP contribution in [0.4, 0.5) is 0 Å². The summed E-state index contributed by atoms with van der Waals surface area (Å²) < 4.78 is 0. The van der Waals surface area contributed by atoms with Crippen molar-refractivity contribution in [2.45, 2.75) is 13.8 Å². The van der Waals surface area contributed by atoms with E-state index >= 15 is 0 Å². The van der Waals surface area contributed by atoms with Gasteiger partial charge in [-0.05, 0) is 13.8 Å². The molecule has 0 aliphatic rings. The van der Waals surface area contributed by atoms with Gasteiger partial charge in [0.2, 0.25) is 0 Å². The van der Waals surface area contributed by atoms with Gasteiger partial charge in [0.1, 0.15) is 0 Å². The molecule has 0 N–H and O–H groups in total. The number of carboxylic acid groups (broad SMARTS) is 2. The van der Waals surface area contributed by atoms with E-state index in [0.717, 1.165) is 13.8 Å². The summed E-state index contributed by atoms with van der Waals surface area (Å²) in [6.07, 6.45) is 0. The van der Waals surface area contributed by atoms with Gasteiger partial charge in [-0.25, -0.2) is 0 Å². The van der Waals surface area contributed by atoms with Gasteiger partial charge in [-0.15, -0.1) is 0 Å². The van der Waals surface area contributed by atoms with Crippen molar-refractivity contribution in [3.05, 3.63) is 0 Å². The summed E-state index contributed by atoms with van der Waals surface area (Å²) >= 11 is 0. The summed E-state index contributed by atoms with van der Waals surface area (Å²) in [7, 11) is 0. The number of hydrogen-bond donors (Lipinski definition) is 0. The second kappa shape index (κ2) is 3.64. The average Bonchev–Trinajstić information content (AvgIpc) is 1.65. The van der Waals surface area contributed by atoms with E-state index in [4.69, 9.17) is 0 Å². The molecule has 4 nitrogen and oxygen atoms in total. The van der Waals surface area contributed by atoms with Crippen molar-refractivity contribution in [3.8, 4) is 0 Å². The van der Waals surface area contributed by atoms with Crippen LogP contribution >= 0.6 is 0 Å². The molecule has 10 heavy (non-hydrogen) atoms. The smallest absolute Gasteiger partial charge is 0.549 e. The molecule has 0 atom stereocenters. The Kier molecular flexibility index (Phi) is 4.46. The van der Waals surface area contributed by atoms with Crippen LogP contribution in [0.1, 0.15) is 15.3 Å². The zero-order chi connectivity index (χ0) is 7.65. The van der Waals surface area contributed by atoms with E-state index < -0.39 is 17.4 Å². The number of carbonyl (C=O) groups is 2. The predicted molar refractivity (Wildman–Crippen MR) is 24.9 cm³/mol. The molecule has 0 saturated carbocycles. The molecule has 52 valence electrons. The molecular weight excluding hydrogens is 131 g/mol. The van der Waals surface area contributed by atoms with Crippen molar-refractivity contribution < 1.29 is 40.1 Å². The number of carbonyl (C=O) groups excluding carboxylic acids is 2. The first-order valence-electron chi connectivity index (χ1n) is 2.32. The van der Waals surface area contributed by atoms with Gasteiger partial charge in [-0.3, -0.25) is 0 Å². The van der Waals surface area contributed by atoms with Crippen LogP contribution in [-0.4, -0.2) is 11.9 Å². The second-order valence-electron chi connectivity index (χ2n) is 2.20. The topological polar surface area (TPSA) is 80.3 Å². The number of carboxylic acids is 2. The molecule has 0 rings (SSSR count). The van der Waals surface area contributed by atoms with Crippen LogP contribution < -0.4 is 29.1 Å². The summed E-state index contributed by atoms with van der Waals surface area (Å²) in [5.74, 6) is -3.27. The maximum atomic E-state index is 9.93. The summed E-state index contributed by atoms with van der Waals surface area (Å²) in [5.41, 5.74) is -1.89. The normalized spacial score (nSPS) is 9.80. The van der Waals surface area contributed by atoms with Crippen molar-refractivity contribution in [2.75, 3.05) is 0 Å². The summed E-state index contributed by atoms with van der Waals surface area (Å²) in [5, 5.41) is 19.9. The standard InChI is InChI=1S/C5H8O4.Li/c1-5(2,3(6)7)4(8)9;/h1-2H3,(H,6,7)(H,8,9);/q;+1/p-1. The molecule has 0 radical (unpaired) electrons. The van der Waals surface area contributed by atoms with Crippen molar-refractivity contribution in [2.24, 2.45) is 5.41 Å². The minimum absolute atomic E-state index is 0. The zero-order valence-electron chi connectivity index (χ0n) is 7.13. The van der Waals surface area contributed by atoms with Gasteiger partial charge < -0.3 is 19.8 Å². The molecule has 0 heterocycles. The third-order valence-corrected chi connectivity index (χ3v) is 1.02. The molecule has 0 aromatic heterocycles. The average molecular weight is 138 g/mol. The zero-order valence-corrected chi connectivity index (χ0v) is 6.13. The van der Waals surface area contributed by atoms with Crippen LogP contribution in [0.2, 0.25) is 0 Å². The summed E-state index contributed by atoms with van der Waals surface area (Å²) in [4.78, 5) is 19.9. The molecule has 0 amide bonds. The van der Waals surface area contributed by atoms with Gasteiger partial charge in [0.05, 0.1) is 11.9 Å². The Balaban J connectivity index is -0.000000320. The van der Waals surface area contributed by atoms with Crippen LogP contribution in [0.25, 0.3) is 0 Å². The minimum Gasteiger partial charge on any atom is -0.549 e. The van der Waals surface area contributed by atoms with Crippen LogP contribution in [0, 0.1) is 5.41 Å². The molecule has 0 aromatic rings. The van der Waals surface area contributed by atoms with Crippen molar-refractivity contribution in [1.82, 2.24) is 0 Å². The van der Waals surface area contributed by atoms with E-state index in [1.165, 1.54) is 0 Å². The van der Waals surface area contributed by atoms with Crippen LogP contribution in [0.5, 0.6) is 0 Å². The van der Waals surface area contributed by atoms with Crippen LogP contribution in [0.3, 0.4) is 0 Å². The Labute approximate surface area is 71.9 Å². The molecular formula is C5H7LiO4. The van der Waals surface area contributed by atoms with E-state index in [1.54, 1.807) is 0 Å². The maximum Gasteiger partial charge on any atom is 1.00 e. The molecule has 0 bridgehead atoms. The molecule has 0 unspecified atom stereocenters. The molecule has 0 aromatic carbocycles. The summed E-state index contributed by atoms with van der Waals surface area (Å²) in [6.45, 7) is 2.02. The van der Waals surface area contributed by atoms with Gasteiger partial charge in [-0.1, -0.05) is 0 Å². The van der Waals surface area contributed by atoms with Crippen molar-refractivity contribution in [3.63, 3.8) is 0 Å². The molecule has 0 spiro atoms. The van der Waals surface area contributed by atoms with Gasteiger partial charge >= 0.3 is 20.3 Å². The van der Waals surface area contributed by atoms with E-state index in [1.807, 2.05) is 0 Å². The van der Waals surface area contributed by atoms with E-state index in [2.05, 4.69) is 0 Å². The monoisotopic (exact) mass is 138 g/mol. The van der Waals surface area contributed by atoms with Gasteiger partial charge in [0.25, 0.3) is 0 Å². The molecule has 0 aliphatic carbocycles. The largest absolute Gasteiger partial charge is 1.00 e. The minimum atomic E-state index is -1.89. The fraction of sp³-hybridized carbons (Fsp3) is 0.600. The number of aliphatic carboxylic acids is 2. The Morgan fingerprint density at radius 2 is 1.40 bits per heavy atom. The van der Waals surface area contributed by atoms with Gasteiger partial charge in [0.15, 0.2) is 0 Å². The first kappa shape index (κ1) is 12.2. The van der Waals surface area contributed by atoms with Crippen LogP contribution in [0.15, 0.2) is 0 Å². The Bertz CT molecular complexity index is 141. The van der Waals surface area contributed by atoms with Crippen LogP contribution in [-0.2, 0) is 9.59 Å². The Morgan fingerprint density at radius 3 is 1.40 bits per heavy atom. The predicted octanol–water partition coefficient (Wildman–Crippen LogP) is -5.37. The Hall–Kier alpha value is -0.463. The van der Waals surface area contributed by atoms with Gasteiger partial charge in [-0.2, -0.15) is 0 Å². The van der Waals surface area contributed by atoms with Crippen molar-refractivity contribution >= 4 is 11.9 Å². The third-order valence-electron chi connectivity index (χ3n) is 1.02. The first-order chi connectivity index (χ1) is 3.89. The fourth-order valence-corrected chi connectivity index (χ4v) is 0.0833. The quantitative estimate of drug-likeness (QED) is 0.282. The maximum absolute atomic E-state index is 9.93. The molecule has 5 heteroatoms. The summed E-state index contributed by atoms with van der Waals surface area (Å²) in [6, 6.07) is 0. The Morgan fingerprint density at radius 1 is 1.20 bits per heavy atom. The van der Waals surface area contributed by atoms with E-state index in [9.17, 15) is 19.8 Å². The fourth-order valence-electron chi connectivity index (χ4n) is 0.0833. The third kappa shape index (κ3) is 2.42. The first-order valence-corrected chi connectivity index (χ1v) is 2.32. The SMILES string of the molecule is CC(C)(C(=O)[O-])C(=O)[O-].[H+].[Li+].